The molecule has 0 fully saturated rings. The number of pyridine rings is 4. The molecule has 0 aliphatic carbocycles. The van der Waals surface area contributed by atoms with E-state index in [0.29, 0.717) is 17.9 Å². The Labute approximate surface area is 175 Å². The molecule has 0 spiro atoms. The van der Waals surface area contributed by atoms with E-state index < -0.39 is 0 Å². The van der Waals surface area contributed by atoms with Gasteiger partial charge in [0.25, 0.3) is 0 Å². The molecule has 0 aromatic carbocycles. The Morgan fingerprint density at radius 3 is 1.97 bits per heavy atom. The number of rotatable bonds is 6. The van der Waals surface area contributed by atoms with Crippen LogP contribution in [-0.2, 0) is 11.2 Å². The zero-order chi connectivity index (χ0) is 20.8. The molecule has 6 nitrogen and oxygen atoms in total. The molecule has 0 bridgehead atoms. The van der Waals surface area contributed by atoms with Crippen LogP contribution in [0.3, 0.4) is 0 Å². The van der Waals surface area contributed by atoms with Crippen molar-refractivity contribution in [2.24, 2.45) is 0 Å². The smallest absolute Gasteiger partial charge is 0.229 e. The first-order valence-corrected chi connectivity index (χ1v) is 9.68. The SMILES string of the molecule is CC(=O)N(c1cccnc1)c1ncccc1CC(c1cccnc1)c1cccnc1. The van der Waals surface area contributed by atoms with Crippen LogP contribution in [0.2, 0.25) is 0 Å². The second-order valence-electron chi connectivity index (χ2n) is 6.88. The normalized spacial score (nSPS) is 10.7. The molecule has 1 amide bonds. The Balaban J connectivity index is 1.78. The zero-order valence-corrected chi connectivity index (χ0v) is 16.6. The molecule has 0 atom stereocenters. The number of carbonyl (C=O) groups excluding carboxylic acids is 1. The van der Waals surface area contributed by atoms with Gasteiger partial charge in [-0.15, -0.1) is 0 Å². The molecule has 0 saturated carbocycles. The zero-order valence-electron chi connectivity index (χ0n) is 16.6. The minimum absolute atomic E-state index is 0.0260. The van der Waals surface area contributed by atoms with Gasteiger partial charge in [-0.2, -0.15) is 0 Å². The highest BCUT2D eigenvalue weighted by molar-refractivity contribution is 5.98. The summed E-state index contributed by atoms with van der Waals surface area (Å²) >= 11 is 0. The molecule has 6 heteroatoms. The molecule has 30 heavy (non-hydrogen) atoms. The fraction of sp³-hybridized carbons (Fsp3) is 0.125. The van der Waals surface area contributed by atoms with Crippen LogP contribution in [0, 0.1) is 0 Å². The van der Waals surface area contributed by atoms with Crippen LogP contribution < -0.4 is 4.90 Å². The minimum atomic E-state index is -0.123. The maximum atomic E-state index is 12.6. The van der Waals surface area contributed by atoms with E-state index in [0.717, 1.165) is 16.7 Å². The number of anilines is 2. The van der Waals surface area contributed by atoms with E-state index in [-0.39, 0.29) is 11.8 Å². The molecule has 0 aliphatic rings. The van der Waals surface area contributed by atoms with Gasteiger partial charge in [-0.05, 0) is 53.4 Å². The van der Waals surface area contributed by atoms with Crippen molar-refractivity contribution in [3.8, 4) is 0 Å². The Morgan fingerprint density at radius 2 is 1.43 bits per heavy atom. The van der Waals surface area contributed by atoms with Gasteiger partial charge in [-0.1, -0.05) is 18.2 Å². The van der Waals surface area contributed by atoms with Gasteiger partial charge in [-0.3, -0.25) is 24.6 Å². The largest absolute Gasteiger partial charge is 0.274 e. The number of aromatic nitrogens is 4. The number of hydrogen-bond donors (Lipinski definition) is 0. The van der Waals surface area contributed by atoms with Crippen LogP contribution in [0.15, 0.2) is 91.9 Å². The molecule has 148 valence electrons. The average molecular weight is 395 g/mol. The van der Waals surface area contributed by atoms with Crippen molar-refractivity contribution in [2.75, 3.05) is 4.90 Å². The van der Waals surface area contributed by atoms with Crippen LogP contribution in [-0.4, -0.2) is 25.8 Å². The van der Waals surface area contributed by atoms with Gasteiger partial charge in [0.2, 0.25) is 5.91 Å². The molecule has 4 rings (SSSR count). The van der Waals surface area contributed by atoms with Crippen LogP contribution >= 0.6 is 0 Å². The monoisotopic (exact) mass is 395 g/mol. The predicted octanol–water partition coefficient (Wildman–Crippen LogP) is 4.33. The Bertz CT molecular complexity index is 1060. The fourth-order valence-corrected chi connectivity index (χ4v) is 3.54. The van der Waals surface area contributed by atoms with E-state index in [4.69, 9.17) is 0 Å². The van der Waals surface area contributed by atoms with Gasteiger partial charge in [0, 0.05) is 50.0 Å². The Hall–Kier alpha value is -3.93. The average Bonchev–Trinajstić information content (AvgIpc) is 2.80. The second-order valence-corrected chi connectivity index (χ2v) is 6.88. The molecular formula is C24H21N5O. The van der Waals surface area contributed by atoms with E-state index >= 15 is 0 Å². The van der Waals surface area contributed by atoms with Crippen molar-refractivity contribution in [1.29, 1.82) is 0 Å². The molecule has 0 radical (unpaired) electrons. The van der Waals surface area contributed by atoms with Gasteiger partial charge >= 0.3 is 0 Å². The third-order valence-electron chi connectivity index (χ3n) is 4.90. The van der Waals surface area contributed by atoms with Crippen LogP contribution in [0.5, 0.6) is 0 Å². The van der Waals surface area contributed by atoms with Gasteiger partial charge in [0.05, 0.1) is 11.9 Å². The standard InChI is InChI=1S/C24H21N5O/c1-18(30)29(22-9-5-12-27-17-22)24-19(6-4-13-28-24)14-23(20-7-2-10-25-15-20)21-8-3-11-26-16-21/h2-13,15-17,23H,14H2,1H3. The number of carbonyl (C=O) groups is 1. The van der Waals surface area contributed by atoms with Crippen molar-refractivity contribution in [2.45, 2.75) is 19.3 Å². The van der Waals surface area contributed by atoms with E-state index in [1.54, 1.807) is 35.9 Å². The predicted molar refractivity (Wildman–Crippen MR) is 115 cm³/mol. The molecule has 0 unspecified atom stereocenters. The summed E-state index contributed by atoms with van der Waals surface area (Å²) in [6.45, 7) is 1.53. The summed E-state index contributed by atoms with van der Waals surface area (Å²) in [5.41, 5.74) is 3.80. The highest BCUT2D eigenvalue weighted by Gasteiger charge is 2.23. The number of hydrogen-bond acceptors (Lipinski definition) is 5. The first-order chi connectivity index (χ1) is 14.7. The third kappa shape index (κ3) is 4.22. The van der Waals surface area contributed by atoms with E-state index in [2.05, 4.69) is 32.1 Å². The van der Waals surface area contributed by atoms with Crippen molar-refractivity contribution in [3.05, 3.63) is 109 Å². The third-order valence-corrected chi connectivity index (χ3v) is 4.90. The molecular weight excluding hydrogens is 374 g/mol. The molecule has 0 aliphatic heterocycles. The topological polar surface area (TPSA) is 71.9 Å². The molecule has 4 aromatic rings. The van der Waals surface area contributed by atoms with E-state index in [1.165, 1.54) is 6.92 Å². The molecule has 0 saturated heterocycles. The molecule has 0 N–H and O–H groups in total. The fourth-order valence-electron chi connectivity index (χ4n) is 3.54. The summed E-state index contributed by atoms with van der Waals surface area (Å²) in [5, 5.41) is 0. The summed E-state index contributed by atoms with van der Waals surface area (Å²) < 4.78 is 0. The van der Waals surface area contributed by atoms with Crippen molar-refractivity contribution >= 4 is 17.4 Å². The number of nitrogens with zero attached hydrogens (tertiary/aromatic N) is 5. The summed E-state index contributed by atoms with van der Waals surface area (Å²) in [6.07, 6.45) is 13.0. The summed E-state index contributed by atoms with van der Waals surface area (Å²) in [5.74, 6) is 0.510. The number of amides is 1. The Kier molecular flexibility index (Phi) is 5.85. The van der Waals surface area contributed by atoms with Gasteiger partial charge < -0.3 is 0 Å². The lowest BCUT2D eigenvalue weighted by Gasteiger charge is -2.24. The van der Waals surface area contributed by atoms with Crippen LogP contribution in [0.25, 0.3) is 0 Å². The highest BCUT2D eigenvalue weighted by atomic mass is 16.2. The molecule has 4 heterocycles. The first kappa shape index (κ1) is 19.4. The van der Waals surface area contributed by atoms with E-state index in [1.807, 2.05) is 48.8 Å². The van der Waals surface area contributed by atoms with Gasteiger partial charge in [-0.25, -0.2) is 4.98 Å². The van der Waals surface area contributed by atoms with Crippen molar-refractivity contribution < 1.29 is 4.79 Å². The second kappa shape index (κ2) is 9.05. The Morgan fingerprint density at radius 1 is 0.833 bits per heavy atom. The lowest BCUT2D eigenvalue weighted by atomic mass is 9.87. The van der Waals surface area contributed by atoms with Gasteiger partial charge in [0.1, 0.15) is 5.82 Å². The molecule has 4 aromatic heterocycles. The van der Waals surface area contributed by atoms with E-state index in [9.17, 15) is 4.79 Å². The quantitative estimate of drug-likeness (QED) is 0.486. The lowest BCUT2D eigenvalue weighted by Crippen LogP contribution is -2.25. The first-order valence-electron chi connectivity index (χ1n) is 9.68. The summed E-state index contributed by atoms with van der Waals surface area (Å²) in [4.78, 5) is 31.5. The maximum Gasteiger partial charge on any atom is 0.229 e. The van der Waals surface area contributed by atoms with Crippen molar-refractivity contribution in [3.63, 3.8) is 0 Å². The van der Waals surface area contributed by atoms with Gasteiger partial charge in [0.15, 0.2) is 0 Å². The summed E-state index contributed by atoms with van der Waals surface area (Å²) in [7, 11) is 0. The maximum absolute atomic E-state index is 12.6. The van der Waals surface area contributed by atoms with Crippen LogP contribution in [0.4, 0.5) is 11.5 Å². The lowest BCUT2D eigenvalue weighted by molar-refractivity contribution is -0.115. The minimum Gasteiger partial charge on any atom is -0.274 e. The van der Waals surface area contributed by atoms with Crippen molar-refractivity contribution in [1.82, 2.24) is 19.9 Å². The van der Waals surface area contributed by atoms with Crippen LogP contribution in [0.1, 0.15) is 29.5 Å². The summed E-state index contributed by atoms with van der Waals surface area (Å²) in [6, 6.07) is 15.5. The highest BCUT2D eigenvalue weighted by Crippen LogP contribution is 2.33.